The fraction of sp³-hybridized carbons (Fsp3) is 0.143. The van der Waals surface area contributed by atoms with Crippen LogP contribution in [0.5, 0.6) is 0 Å². The second kappa shape index (κ2) is 10.1. The summed E-state index contributed by atoms with van der Waals surface area (Å²) in [6, 6.07) is 21.2. The minimum absolute atomic E-state index is 0.241. The highest BCUT2D eigenvalue weighted by molar-refractivity contribution is 5.84. The summed E-state index contributed by atoms with van der Waals surface area (Å²) in [4.78, 5) is 25.7. The van der Waals surface area contributed by atoms with E-state index >= 15 is 17.6 Å². The molecule has 0 aliphatic heterocycles. The van der Waals surface area contributed by atoms with Crippen molar-refractivity contribution in [2.75, 3.05) is 0 Å². The van der Waals surface area contributed by atoms with Crippen LogP contribution in [0.3, 0.4) is 0 Å². The van der Waals surface area contributed by atoms with E-state index in [9.17, 15) is 9.59 Å². The zero-order valence-corrected chi connectivity index (χ0v) is 22.6. The van der Waals surface area contributed by atoms with Gasteiger partial charge in [0.2, 0.25) is 0 Å². The van der Waals surface area contributed by atoms with Crippen molar-refractivity contribution in [2.45, 2.75) is 30.6 Å². The van der Waals surface area contributed by atoms with Crippen LogP contribution < -0.4 is 11.3 Å². The number of halogens is 4. The number of rotatable bonds is 4. The smallest absolute Gasteiger partial charge is 0.336 e. The van der Waals surface area contributed by atoms with Gasteiger partial charge in [-0.05, 0) is 60.0 Å². The van der Waals surface area contributed by atoms with E-state index in [1.807, 2.05) is 6.92 Å². The highest BCUT2D eigenvalue weighted by atomic mass is 19.1. The standard InChI is InChI=1S/C35H22F4O4/c1-17-12-13-19-21(16-29(41)43-27(19)14-17)31-30(20-15-28(40)42-26-11-3-2-6-18(20)26)34(32-22(36)7-4-8-23(32)37)35(31)33-24(38)9-5-10-25(33)39/h2-16,30-31,34-35H,1H3. The molecule has 1 saturated carbocycles. The molecule has 4 nitrogen and oxygen atoms in total. The second-order valence-electron chi connectivity index (χ2n) is 10.9. The average molecular weight is 583 g/mol. The van der Waals surface area contributed by atoms with E-state index in [4.69, 9.17) is 8.83 Å². The summed E-state index contributed by atoms with van der Waals surface area (Å²) in [6.45, 7) is 1.82. The molecule has 8 heteroatoms. The Morgan fingerprint density at radius 2 is 0.977 bits per heavy atom. The lowest BCUT2D eigenvalue weighted by Gasteiger charge is -2.53. The van der Waals surface area contributed by atoms with Gasteiger partial charge in [0.1, 0.15) is 34.4 Å². The quantitative estimate of drug-likeness (QED) is 0.155. The van der Waals surface area contributed by atoms with Crippen molar-refractivity contribution in [1.82, 2.24) is 0 Å². The van der Waals surface area contributed by atoms with Crippen LogP contribution in [-0.2, 0) is 0 Å². The lowest BCUT2D eigenvalue weighted by atomic mass is 9.48. The molecule has 1 fully saturated rings. The Balaban J connectivity index is 1.61. The van der Waals surface area contributed by atoms with E-state index in [0.29, 0.717) is 21.9 Å². The van der Waals surface area contributed by atoms with Crippen molar-refractivity contribution in [3.8, 4) is 0 Å². The van der Waals surface area contributed by atoms with Crippen LogP contribution in [0.15, 0.2) is 109 Å². The highest BCUT2D eigenvalue weighted by Gasteiger charge is 2.57. The molecule has 0 spiro atoms. The number of fused-ring (bicyclic) bond motifs is 2. The van der Waals surface area contributed by atoms with Gasteiger partial charge >= 0.3 is 11.3 Å². The molecule has 0 amide bonds. The van der Waals surface area contributed by atoms with Gasteiger partial charge in [-0.1, -0.05) is 42.5 Å². The molecule has 43 heavy (non-hydrogen) atoms. The molecule has 0 bridgehead atoms. The fourth-order valence-electron chi connectivity index (χ4n) is 6.88. The maximum Gasteiger partial charge on any atom is 0.336 e. The molecule has 214 valence electrons. The molecule has 1 aliphatic rings. The Labute approximate surface area is 241 Å². The van der Waals surface area contributed by atoms with Gasteiger partial charge in [0.05, 0.1) is 0 Å². The number of para-hydroxylation sites is 1. The van der Waals surface area contributed by atoms with Crippen LogP contribution in [-0.4, -0.2) is 0 Å². The SMILES string of the molecule is Cc1ccc2c(C3C(c4c(F)cccc4F)C(c4c(F)cccc4F)C3c3cc(=O)oc4ccccc34)cc(=O)oc2c1. The summed E-state index contributed by atoms with van der Waals surface area (Å²) >= 11 is 0. The van der Waals surface area contributed by atoms with E-state index in [0.717, 1.165) is 29.8 Å². The Kier molecular flexibility index (Phi) is 6.31. The normalized spacial score (nSPS) is 19.9. The molecule has 6 aromatic rings. The minimum atomic E-state index is -1.17. The van der Waals surface area contributed by atoms with Gasteiger partial charge in [-0.15, -0.1) is 0 Å². The molecule has 1 aliphatic carbocycles. The van der Waals surface area contributed by atoms with Crippen LogP contribution in [0.1, 0.15) is 51.5 Å². The maximum absolute atomic E-state index is 15.6. The predicted octanol–water partition coefficient (Wildman–Crippen LogP) is 8.21. The van der Waals surface area contributed by atoms with Gasteiger partial charge in [0, 0.05) is 57.7 Å². The Morgan fingerprint density at radius 1 is 0.512 bits per heavy atom. The van der Waals surface area contributed by atoms with Crippen molar-refractivity contribution in [1.29, 1.82) is 0 Å². The van der Waals surface area contributed by atoms with Crippen molar-refractivity contribution >= 4 is 21.9 Å². The van der Waals surface area contributed by atoms with E-state index < -0.39 is 58.2 Å². The number of hydrogen-bond donors (Lipinski definition) is 0. The summed E-state index contributed by atoms with van der Waals surface area (Å²) in [5.41, 5.74) is -0.0507. The van der Waals surface area contributed by atoms with Gasteiger partial charge in [-0.3, -0.25) is 0 Å². The monoisotopic (exact) mass is 582 g/mol. The first kappa shape index (κ1) is 26.9. The van der Waals surface area contributed by atoms with Crippen molar-refractivity contribution < 1.29 is 26.4 Å². The largest absolute Gasteiger partial charge is 0.423 e. The summed E-state index contributed by atoms with van der Waals surface area (Å²) in [5.74, 6) is -7.73. The zero-order valence-electron chi connectivity index (χ0n) is 22.6. The number of benzene rings is 4. The van der Waals surface area contributed by atoms with Crippen LogP contribution in [0.4, 0.5) is 17.6 Å². The van der Waals surface area contributed by atoms with Crippen LogP contribution in [0.2, 0.25) is 0 Å². The molecular weight excluding hydrogens is 560 g/mol. The van der Waals surface area contributed by atoms with Crippen molar-refractivity contribution in [3.63, 3.8) is 0 Å². The topological polar surface area (TPSA) is 60.4 Å². The van der Waals surface area contributed by atoms with Gasteiger partial charge in [0.25, 0.3) is 0 Å². The number of aryl methyl sites for hydroxylation is 1. The summed E-state index contributed by atoms with van der Waals surface area (Å²) in [5, 5.41) is 0.996. The predicted molar refractivity (Wildman–Crippen MR) is 153 cm³/mol. The third-order valence-corrected chi connectivity index (χ3v) is 8.55. The van der Waals surface area contributed by atoms with Gasteiger partial charge in [0.15, 0.2) is 0 Å². The van der Waals surface area contributed by atoms with E-state index in [-0.39, 0.29) is 22.3 Å². The molecule has 0 radical (unpaired) electrons. The van der Waals surface area contributed by atoms with Gasteiger partial charge in [-0.2, -0.15) is 0 Å². The first-order chi connectivity index (χ1) is 20.7. The number of hydrogen-bond acceptors (Lipinski definition) is 4. The third-order valence-electron chi connectivity index (χ3n) is 8.55. The maximum atomic E-state index is 15.6. The Hall–Kier alpha value is -4.98. The molecule has 4 unspecified atom stereocenters. The average Bonchev–Trinajstić information content (AvgIpc) is 2.95. The van der Waals surface area contributed by atoms with E-state index in [1.54, 1.807) is 42.5 Å². The lowest BCUT2D eigenvalue weighted by Crippen LogP contribution is -2.42. The van der Waals surface area contributed by atoms with Crippen molar-refractivity contribution in [2.24, 2.45) is 0 Å². The van der Waals surface area contributed by atoms with Gasteiger partial charge in [-0.25, -0.2) is 27.2 Å². The first-order valence-corrected chi connectivity index (χ1v) is 13.7. The first-order valence-electron chi connectivity index (χ1n) is 13.7. The third kappa shape index (κ3) is 4.28. The van der Waals surface area contributed by atoms with E-state index in [2.05, 4.69) is 0 Å². The Bertz CT molecular complexity index is 2140. The molecule has 2 aromatic heterocycles. The van der Waals surface area contributed by atoms with Crippen LogP contribution >= 0.6 is 0 Å². The summed E-state index contributed by atoms with van der Waals surface area (Å²) in [6.07, 6.45) is 0. The lowest BCUT2D eigenvalue weighted by molar-refractivity contribution is 0.210. The molecule has 7 rings (SSSR count). The zero-order chi connectivity index (χ0) is 30.0. The minimum Gasteiger partial charge on any atom is -0.423 e. The Morgan fingerprint density at radius 3 is 1.51 bits per heavy atom. The van der Waals surface area contributed by atoms with E-state index in [1.165, 1.54) is 24.3 Å². The highest BCUT2D eigenvalue weighted by Crippen LogP contribution is 2.68. The van der Waals surface area contributed by atoms with Crippen LogP contribution in [0, 0.1) is 30.2 Å². The molecule has 4 atom stereocenters. The fourth-order valence-corrected chi connectivity index (χ4v) is 6.88. The van der Waals surface area contributed by atoms with Crippen molar-refractivity contribution in [3.05, 3.63) is 163 Å². The van der Waals surface area contributed by atoms with Crippen LogP contribution in [0.25, 0.3) is 21.9 Å². The molecule has 0 N–H and O–H groups in total. The summed E-state index contributed by atoms with van der Waals surface area (Å²) in [7, 11) is 0. The molecule has 4 aromatic carbocycles. The summed E-state index contributed by atoms with van der Waals surface area (Å²) < 4.78 is 73.4. The molecular formula is C35H22F4O4. The van der Waals surface area contributed by atoms with Gasteiger partial charge < -0.3 is 8.83 Å². The molecule has 2 heterocycles. The second-order valence-corrected chi connectivity index (χ2v) is 10.9. The molecule has 0 saturated heterocycles.